The molecule has 0 aromatic heterocycles. The van der Waals surface area contributed by atoms with Gasteiger partial charge in [-0.2, -0.15) is 0 Å². The molecule has 0 bridgehead atoms. The zero-order chi connectivity index (χ0) is 16.1. The Morgan fingerprint density at radius 3 is 1.95 bits per heavy atom. The highest BCUT2D eigenvalue weighted by Crippen LogP contribution is 2.23. The van der Waals surface area contributed by atoms with Crippen LogP contribution < -0.4 is 0 Å². The molecule has 2 aliphatic rings. The summed E-state index contributed by atoms with van der Waals surface area (Å²) in [6.07, 6.45) is 3.49. The van der Waals surface area contributed by atoms with Gasteiger partial charge in [0.2, 0.25) is 11.8 Å². The molecular formula is C17H31N3O2. The largest absolute Gasteiger partial charge is 0.342 e. The van der Waals surface area contributed by atoms with Gasteiger partial charge in [0.1, 0.15) is 0 Å². The molecule has 5 heteroatoms. The van der Waals surface area contributed by atoms with E-state index in [1.54, 1.807) is 0 Å². The van der Waals surface area contributed by atoms with Crippen molar-refractivity contribution in [2.24, 2.45) is 11.8 Å². The second kappa shape index (κ2) is 7.95. The Bertz CT molecular complexity index is 379. The highest BCUT2D eigenvalue weighted by molar-refractivity contribution is 5.81. The monoisotopic (exact) mass is 309 g/mol. The minimum Gasteiger partial charge on any atom is -0.342 e. The summed E-state index contributed by atoms with van der Waals surface area (Å²) in [4.78, 5) is 31.2. The fourth-order valence-electron chi connectivity index (χ4n) is 3.53. The van der Waals surface area contributed by atoms with Crippen molar-refractivity contribution in [3.8, 4) is 0 Å². The number of piperidine rings is 1. The Kier molecular flexibility index (Phi) is 6.24. The van der Waals surface area contributed by atoms with Crippen molar-refractivity contribution < 1.29 is 9.59 Å². The van der Waals surface area contributed by atoms with Gasteiger partial charge >= 0.3 is 0 Å². The Labute approximate surface area is 134 Å². The molecule has 22 heavy (non-hydrogen) atoms. The van der Waals surface area contributed by atoms with Crippen molar-refractivity contribution in [3.05, 3.63) is 0 Å². The minimum absolute atomic E-state index is 0.120. The van der Waals surface area contributed by atoms with E-state index in [0.29, 0.717) is 5.91 Å². The normalized spacial score (nSPS) is 21.5. The van der Waals surface area contributed by atoms with Crippen LogP contribution in [0.25, 0.3) is 0 Å². The highest BCUT2D eigenvalue weighted by Gasteiger charge is 2.32. The standard InChI is InChI=1S/C17H31N3O2/c1-4-14(5-2)16(21)19-8-6-15(7-9-19)17(22)20-12-10-18(3)11-13-20/h14-15H,4-13H2,1-3H3. The van der Waals surface area contributed by atoms with Crippen molar-refractivity contribution in [1.29, 1.82) is 0 Å². The van der Waals surface area contributed by atoms with Crippen LogP contribution in [0, 0.1) is 11.8 Å². The lowest BCUT2D eigenvalue weighted by Gasteiger charge is -2.38. The Morgan fingerprint density at radius 1 is 0.909 bits per heavy atom. The molecular weight excluding hydrogens is 278 g/mol. The van der Waals surface area contributed by atoms with Crippen LogP contribution in [-0.4, -0.2) is 72.8 Å². The average Bonchev–Trinajstić information content (AvgIpc) is 2.56. The smallest absolute Gasteiger partial charge is 0.225 e. The second-order valence-corrected chi connectivity index (χ2v) is 6.74. The summed E-state index contributed by atoms with van der Waals surface area (Å²) in [5.74, 6) is 0.872. The van der Waals surface area contributed by atoms with Gasteiger partial charge in [-0.25, -0.2) is 0 Å². The molecule has 0 radical (unpaired) electrons. The fourth-order valence-corrected chi connectivity index (χ4v) is 3.53. The lowest BCUT2D eigenvalue weighted by atomic mass is 9.93. The van der Waals surface area contributed by atoms with E-state index in [9.17, 15) is 9.59 Å². The van der Waals surface area contributed by atoms with Gasteiger partial charge in [-0.15, -0.1) is 0 Å². The third-order valence-corrected chi connectivity index (χ3v) is 5.31. The van der Waals surface area contributed by atoms with Gasteiger partial charge in [0.15, 0.2) is 0 Å². The molecule has 2 fully saturated rings. The maximum Gasteiger partial charge on any atom is 0.225 e. The van der Waals surface area contributed by atoms with Gasteiger partial charge < -0.3 is 14.7 Å². The van der Waals surface area contributed by atoms with E-state index < -0.39 is 0 Å². The highest BCUT2D eigenvalue weighted by atomic mass is 16.2. The molecule has 0 aromatic rings. The molecule has 2 heterocycles. The zero-order valence-corrected chi connectivity index (χ0v) is 14.4. The van der Waals surface area contributed by atoms with Crippen LogP contribution in [0.3, 0.4) is 0 Å². The fraction of sp³-hybridized carbons (Fsp3) is 0.882. The van der Waals surface area contributed by atoms with Crippen LogP contribution in [0.5, 0.6) is 0 Å². The van der Waals surface area contributed by atoms with Crippen LogP contribution in [0.2, 0.25) is 0 Å². The number of carbonyl (C=O) groups is 2. The Hall–Kier alpha value is -1.10. The molecule has 0 atom stereocenters. The number of amides is 2. The molecule has 2 saturated heterocycles. The first-order chi connectivity index (χ1) is 10.6. The van der Waals surface area contributed by atoms with Gasteiger partial charge in [-0.1, -0.05) is 13.8 Å². The van der Waals surface area contributed by atoms with Crippen LogP contribution in [0.4, 0.5) is 0 Å². The van der Waals surface area contributed by atoms with E-state index in [1.165, 1.54) is 0 Å². The molecule has 2 aliphatic heterocycles. The van der Waals surface area contributed by atoms with Gasteiger partial charge in [-0.05, 0) is 32.7 Å². The van der Waals surface area contributed by atoms with Crippen LogP contribution >= 0.6 is 0 Å². The quantitative estimate of drug-likeness (QED) is 0.789. The number of likely N-dealkylation sites (N-methyl/N-ethyl adjacent to an activating group) is 1. The molecule has 0 spiro atoms. The summed E-state index contributed by atoms with van der Waals surface area (Å²) < 4.78 is 0. The Balaban J connectivity index is 1.81. The molecule has 0 aliphatic carbocycles. The van der Waals surface area contributed by atoms with Crippen molar-refractivity contribution in [3.63, 3.8) is 0 Å². The van der Waals surface area contributed by atoms with E-state index in [1.807, 2.05) is 9.80 Å². The number of hydrogen-bond donors (Lipinski definition) is 0. The molecule has 126 valence electrons. The summed E-state index contributed by atoms with van der Waals surface area (Å²) in [7, 11) is 2.10. The molecule has 0 aromatic carbocycles. The molecule has 0 saturated carbocycles. The first-order valence-electron chi connectivity index (χ1n) is 8.82. The summed E-state index contributed by atoms with van der Waals surface area (Å²) in [5, 5.41) is 0. The van der Waals surface area contributed by atoms with Crippen LogP contribution in [0.15, 0.2) is 0 Å². The van der Waals surface area contributed by atoms with E-state index in [4.69, 9.17) is 0 Å². The third kappa shape index (κ3) is 4.00. The first kappa shape index (κ1) is 17.3. The number of nitrogens with zero attached hydrogens (tertiary/aromatic N) is 3. The zero-order valence-electron chi connectivity index (χ0n) is 14.4. The van der Waals surface area contributed by atoms with Gasteiger partial charge in [-0.3, -0.25) is 9.59 Å². The summed E-state index contributed by atoms with van der Waals surface area (Å²) in [6, 6.07) is 0. The number of piperazine rings is 1. The van der Waals surface area contributed by atoms with Gasteiger partial charge in [0.05, 0.1) is 0 Å². The van der Waals surface area contributed by atoms with E-state index in [0.717, 1.165) is 65.0 Å². The Morgan fingerprint density at radius 2 is 1.45 bits per heavy atom. The van der Waals surface area contributed by atoms with E-state index >= 15 is 0 Å². The summed E-state index contributed by atoms with van der Waals surface area (Å²) >= 11 is 0. The minimum atomic E-state index is 0.120. The maximum absolute atomic E-state index is 12.6. The summed E-state index contributed by atoms with van der Waals surface area (Å²) in [5.41, 5.74) is 0. The predicted octanol–water partition coefficient (Wildman–Crippen LogP) is 1.44. The molecule has 2 amide bonds. The van der Waals surface area contributed by atoms with E-state index in [-0.39, 0.29) is 17.7 Å². The van der Waals surface area contributed by atoms with E-state index in [2.05, 4.69) is 25.8 Å². The molecule has 0 N–H and O–H groups in total. The van der Waals surface area contributed by atoms with Gasteiger partial charge in [0, 0.05) is 51.1 Å². The van der Waals surface area contributed by atoms with Crippen LogP contribution in [0.1, 0.15) is 39.5 Å². The number of hydrogen-bond acceptors (Lipinski definition) is 3. The predicted molar refractivity (Wildman–Crippen MR) is 87.5 cm³/mol. The molecule has 2 rings (SSSR count). The lowest BCUT2D eigenvalue weighted by Crippen LogP contribution is -2.51. The first-order valence-corrected chi connectivity index (χ1v) is 8.82. The van der Waals surface area contributed by atoms with Crippen molar-refractivity contribution >= 4 is 11.8 Å². The number of carbonyl (C=O) groups excluding carboxylic acids is 2. The molecule has 0 unspecified atom stereocenters. The van der Waals surface area contributed by atoms with Crippen molar-refractivity contribution in [1.82, 2.24) is 14.7 Å². The van der Waals surface area contributed by atoms with Crippen molar-refractivity contribution in [2.45, 2.75) is 39.5 Å². The second-order valence-electron chi connectivity index (χ2n) is 6.74. The lowest BCUT2D eigenvalue weighted by molar-refractivity contribution is -0.143. The van der Waals surface area contributed by atoms with Crippen LogP contribution in [-0.2, 0) is 9.59 Å². The summed E-state index contributed by atoms with van der Waals surface area (Å²) in [6.45, 7) is 9.30. The average molecular weight is 309 g/mol. The number of likely N-dealkylation sites (tertiary alicyclic amines) is 1. The maximum atomic E-state index is 12.6. The van der Waals surface area contributed by atoms with Gasteiger partial charge in [0.25, 0.3) is 0 Å². The number of rotatable bonds is 4. The third-order valence-electron chi connectivity index (χ3n) is 5.31. The molecule has 5 nitrogen and oxygen atoms in total. The SMILES string of the molecule is CCC(CC)C(=O)N1CCC(C(=O)N2CCN(C)CC2)CC1. The topological polar surface area (TPSA) is 43.9 Å². The van der Waals surface area contributed by atoms with Crippen molar-refractivity contribution in [2.75, 3.05) is 46.3 Å².